The summed E-state index contributed by atoms with van der Waals surface area (Å²) >= 11 is 5.80. The monoisotopic (exact) mass is 316 g/mol. The Morgan fingerprint density at radius 2 is 1.95 bits per heavy atom. The van der Waals surface area contributed by atoms with Crippen LogP contribution in [0.5, 0.6) is 5.75 Å². The first-order valence-corrected chi connectivity index (χ1v) is 7.09. The lowest BCUT2D eigenvalue weighted by Crippen LogP contribution is -2.34. The number of benzene rings is 2. The van der Waals surface area contributed by atoms with Crippen LogP contribution in [0.3, 0.4) is 0 Å². The molecule has 3 rings (SSSR count). The van der Waals surface area contributed by atoms with Crippen molar-refractivity contribution in [3.8, 4) is 5.75 Å². The normalized spacial score (nSPS) is 16.3. The lowest BCUT2D eigenvalue weighted by Gasteiger charge is -2.23. The fourth-order valence-corrected chi connectivity index (χ4v) is 2.22. The first kappa shape index (κ1) is 14.4. The van der Waals surface area contributed by atoms with E-state index in [1.165, 1.54) is 0 Å². The van der Waals surface area contributed by atoms with E-state index in [-0.39, 0.29) is 11.8 Å². The summed E-state index contributed by atoms with van der Waals surface area (Å²) in [7, 11) is 0. The zero-order chi connectivity index (χ0) is 15.7. The van der Waals surface area contributed by atoms with E-state index in [9.17, 15) is 9.59 Å². The van der Waals surface area contributed by atoms with Crippen molar-refractivity contribution in [1.29, 1.82) is 0 Å². The van der Waals surface area contributed by atoms with Crippen LogP contribution >= 0.6 is 11.6 Å². The van der Waals surface area contributed by atoms with Crippen LogP contribution in [0, 0.1) is 0 Å². The number of hydrogen-bond donors (Lipinski definition) is 2. The molecule has 0 saturated carbocycles. The number of carbonyl (C=O) groups excluding carboxylic acids is 2. The molecule has 1 aliphatic heterocycles. The fourth-order valence-electron chi connectivity index (χ4n) is 2.09. The molecular formula is C16H13ClN2O3. The van der Waals surface area contributed by atoms with Gasteiger partial charge in [-0.3, -0.25) is 9.59 Å². The van der Waals surface area contributed by atoms with Crippen LogP contribution in [0.1, 0.15) is 17.3 Å². The number of fused-ring (bicyclic) bond motifs is 1. The molecule has 0 radical (unpaired) electrons. The zero-order valence-electron chi connectivity index (χ0n) is 11.7. The van der Waals surface area contributed by atoms with Crippen molar-refractivity contribution in [2.45, 2.75) is 13.0 Å². The topological polar surface area (TPSA) is 67.4 Å². The second-order valence-electron chi connectivity index (χ2n) is 4.92. The van der Waals surface area contributed by atoms with Gasteiger partial charge in [-0.15, -0.1) is 0 Å². The summed E-state index contributed by atoms with van der Waals surface area (Å²) < 4.78 is 5.46. The highest BCUT2D eigenvalue weighted by atomic mass is 35.5. The molecule has 0 aliphatic carbocycles. The minimum atomic E-state index is -0.526. The number of anilines is 2. The zero-order valence-corrected chi connectivity index (χ0v) is 12.5. The molecule has 6 heteroatoms. The Kier molecular flexibility index (Phi) is 3.73. The summed E-state index contributed by atoms with van der Waals surface area (Å²) in [5, 5.41) is 6.07. The summed E-state index contributed by atoms with van der Waals surface area (Å²) in [6.07, 6.45) is -0.526. The van der Waals surface area contributed by atoms with Crippen molar-refractivity contribution in [2.75, 3.05) is 10.6 Å². The Balaban J connectivity index is 1.79. The molecule has 1 heterocycles. The molecule has 2 aromatic carbocycles. The van der Waals surface area contributed by atoms with Crippen LogP contribution in [-0.4, -0.2) is 17.9 Å². The fraction of sp³-hybridized carbons (Fsp3) is 0.125. The van der Waals surface area contributed by atoms with Crippen LogP contribution in [0.15, 0.2) is 42.5 Å². The standard InChI is InChI=1S/C16H13ClN2O3/c1-9-15(20)19-13-8-12(6-7-14(13)22-9)18-16(21)10-2-4-11(17)5-3-10/h2-9H,1H3,(H,18,21)(H,19,20). The number of hydrogen-bond acceptors (Lipinski definition) is 3. The third kappa shape index (κ3) is 2.89. The number of nitrogens with one attached hydrogen (secondary N) is 2. The molecule has 2 N–H and O–H groups in total. The maximum Gasteiger partial charge on any atom is 0.265 e. The van der Waals surface area contributed by atoms with Crippen LogP contribution in [0.2, 0.25) is 5.02 Å². The average Bonchev–Trinajstić information content (AvgIpc) is 2.49. The molecule has 2 amide bonds. The molecule has 2 aromatic rings. The Bertz CT molecular complexity index is 744. The lowest BCUT2D eigenvalue weighted by molar-refractivity contribution is -0.122. The molecule has 112 valence electrons. The van der Waals surface area contributed by atoms with Gasteiger partial charge in [0.15, 0.2) is 6.10 Å². The first-order chi connectivity index (χ1) is 10.5. The van der Waals surface area contributed by atoms with E-state index >= 15 is 0 Å². The van der Waals surface area contributed by atoms with Gasteiger partial charge in [0.25, 0.3) is 11.8 Å². The van der Waals surface area contributed by atoms with Gasteiger partial charge in [0, 0.05) is 16.3 Å². The van der Waals surface area contributed by atoms with Crippen molar-refractivity contribution >= 4 is 34.8 Å². The van der Waals surface area contributed by atoms with E-state index < -0.39 is 6.10 Å². The first-order valence-electron chi connectivity index (χ1n) is 6.71. The number of carbonyl (C=O) groups is 2. The minimum Gasteiger partial charge on any atom is -0.479 e. The van der Waals surface area contributed by atoms with Crippen molar-refractivity contribution < 1.29 is 14.3 Å². The van der Waals surface area contributed by atoms with Gasteiger partial charge in [-0.25, -0.2) is 0 Å². The van der Waals surface area contributed by atoms with Crippen molar-refractivity contribution in [3.05, 3.63) is 53.1 Å². The van der Waals surface area contributed by atoms with E-state index in [1.54, 1.807) is 49.4 Å². The van der Waals surface area contributed by atoms with Crippen LogP contribution in [0.25, 0.3) is 0 Å². The molecule has 5 nitrogen and oxygen atoms in total. The summed E-state index contributed by atoms with van der Waals surface area (Å²) in [5.41, 5.74) is 1.60. The number of halogens is 1. The van der Waals surface area contributed by atoms with Crippen molar-refractivity contribution in [3.63, 3.8) is 0 Å². The summed E-state index contributed by atoms with van der Waals surface area (Å²) in [6, 6.07) is 11.7. The van der Waals surface area contributed by atoms with E-state index in [0.717, 1.165) is 0 Å². The number of amides is 2. The average molecular weight is 317 g/mol. The predicted molar refractivity (Wildman–Crippen MR) is 84.6 cm³/mol. The molecule has 1 aliphatic rings. The highest BCUT2D eigenvalue weighted by molar-refractivity contribution is 6.30. The SMILES string of the molecule is CC1Oc2ccc(NC(=O)c3ccc(Cl)cc3)cc2NC1=O. The molecule has 1 atom stereocenters. The van der Waals surface area contributed by atoms with Gasteiger partial charge >= 0.3 is 0 Å². The highest BCUT2D eigenvalue weighted by Crippen LogP contribution is 2.32. The molecule has 0 aromatic heterocycles. The number of ether oxygens (including phenoxy) is 1. The van der Waals surface area contributed by atoms with Gasteiger partial charge in [-0.1, -0.05) is 11.6 Å². The van der Waals surface area contributed by atoms with E-state index in [2.05, 4.69) is 10.6 Å². The molecule has 0 fully saturated rings. The maximum absolute atomic E-state index is 12.1. The third-order valence-electron chi connectivity index (χ3n) is 3.27. The lowest BCUT2D eigenvalue weighted by atomic mass is 10.2. The molecule has 0 bridgehead atoms. The molecule has 0 spiro atoms. The van der Waals surface area contributed by atoms with Crippen LogP contribution < -0.4 is 15.4 Å². The quantitative estimate of drug-likeness (QED) is 0.893. The predicted octanol–water partition coefficient (Wildman–Crippen LogP) is 3.31. The van der Waals surface area contributed by atoms with Gasteiger partial charge in [0.05, 0.1) is 5.69 Å². The van der Waals surface area contributed by atoms with Gasteiger partial charge in [-0.2, -0.15) is 0 Å². The van der Waals surface area contributed by atoms with E-state index in [0.29, 0.717) is 27.7 Å². The summed E-state index contributed by atoms with van der Waals surface area (Å²) in [6.45, 7) is 1.68. The third-order valence-corrected chi connectivity index (χ3v) is 3.53. The Labute approximate surface area is 132 Å². The van der Waals surface area contributed by atoms with Crippen molar-refractivity contribution in [2.24, 2.45) is 0 Å². The second kappa shape index (κ2) is 5.69. The van der Waals surface area contributed by atoms with Crippen LogP contribution in [0.4, 0.5) is 11.4 Å². The molecule has 22 heavy (non-hydrogen) atoms. The summed E-state index contributed by atoms with van der Waals surface area (Å²) in [4.78, 5) is 23.7. The maximum atomic E-state index is 12.1. The van der Waals surface area contributed by atoms with Crippen LogP contribution in [-0.2, 0) is 4.79 Å². The van der Waals surface area contributed by atoms with E-state index in [4.69, 9.17) is 16.3 Å². The van der Waals surface area contributed by atoms with Gasteiger partial charge in [0.2, 0.25) is 0 Å². The molecule has 1 unspecified atom stereocenters. The number of rotatable bonds is 2. The molecule has 0 saturated heterocycles. The van der Waals surface area contributed by atoms with Gasteiger partial charge in [0.1, 0.15) is 5.75 Å². The van der Waals surface area contributed by atoms with Gasteiger partial charge in [-0.05, 0) is 49.4 Å². The highest BCUT2D eigenvalue weighted by Gasteiger charge is 2.23. The van der Waals surface area contributed by atoms with Crippen molar-refractivity contribution in [1.82, 2.24) is 0 Å². The Morgan fingerprint density at radius 3 is 2.68 bits per heavy atom. The molecular weight excluding hydrogens is 304 g/mol. The Hall–Kier alpha value is -2.53. The van der Waals surface area contributed by atoms with E-state index in [1.807, 2.05) is 0 Å². The second-order valence-corrected chi connectivity index (χ2v) is 5.36. The largest absolute Gasteiger partial charge is 0.479 e. The smallest absolute Gasteiger partial charge is 0.265 e. The summed E-state index contributed by atoms with van der Waals surface area (Å²) in [5.74, 6) is 0.110. The van der Waals surface area contributed by atoms with Gasteiger partial charge < -0.3 is 15.4 Å². The Morgan fingerprint density at radius 1 is 1.23 bits per heavy atom. The minimum absolute atomic E-state index is 0.214.